The Morgan fingerprint density at radius 2 is 1.93 bits per heavy atom. The van der Waals surface area contributed by atoms with Crippen LogP contribution >= 0.6 is 22.9 Å². The molecular formula is C20H19ClN2O4S. The fourth-order valence-electron chi connectivity index (χ4n) is 2.86. The third-order valence-corrected chi connectivity index (χ3v) is 5.60. The minimum atomic E-state index is -0.544. The van der Waals surface area contributed by atoms with Crippen LogP contribution in [-0.4, -0.2) is 47.8 Å². The van der Waals surface area contributed by atoms with Crippen molar-refractivity contribution in [1.29, 1.82) is 0 Å². The van der Waals surface area contributed by atoms with Gasteiger partial charge in [-0.25, -0.2) is 0 Å². The third-order valence-electron chi connectivity index (χ3n) is 4.38. The number of likely N-dealkylation sites (N-methyl/N-ethyl adjacent to an activating group) is 1. The van der Waals surface area contributed by atoms with Crippen LogP contribution in [0.1, 0.15) is 27.2 Å². The number of nitrogens with zero attached hydrogens (tertiary/aromatic N) is 2. The van der Waals surface area contributed by atoms with Crippen LogP contribution in [0.25, 0.3) is 5.70 Å². The molecule has 0 saturated heterocycles. The van der Waals surface area contributed by atoms with Gasteiger partial charge in [-0.3, -0.25) is 14.4 Å². The standard InChI is InChI=1S/C20H19ClN2O4S/c1-13-15-5-3-4-6-16(15)20(26)23(13)10-9-19(25)27-12-18(24)22(2)11-14-7-8-17(21)28-14/h3-8H,1,9-12H2,2H3. The van der Waals surface area contributed by atoms with Crippen molar-refractivity contribution in [3.8, 4) is 0 Å². The van der Waals surface area contributed by atoms with Gasteiger partial charge in [0.2, 0.25) is 0 Å². The molecule has 2 heterocycles. The molecule has 8 heteroatoms. The van der Waals surface area contributed by atoms with Gasteiger partial charge < -0.3 is 14.5 Å². The molecule has 146 valence electrons. The molecule has 1 aliphatic rings. The normalized spacial score (nSPS) is 12.9. The molecule has 0 spiro atoms. The van der Waals surface area contributed by atoms with E-state index < -0.39 is 5.97 Å². The number of carbonyl (C=O) groups is 3. The Morgan fingerprint density at radius 3 is 2.57 bits per heavy atom. The summed E-state index contributed by atoms with van der Waals surface area (Å²) in [5, 5.41) is 0. The first-order chi connectivity index (χ1) is 13.4. The van der Waals surface area contributed by atoms with Crippen LogP contribution in [-0.2, 0) is 20.9 Å². The van der Waals surface area contributed by atoms with Gasteiger partial charge in [0.25, 0.3) is 11.8 Å². The number of halogens is 1. The second kappa shape index (κ2) is 8.58. The predicted molar refractivity (Wildman–Crippen MR) is 108 cm³/mol. The highest BCUT2D eigenvalue weighted by Crippen LogP contribution is 2.31. The van der Waals surface area contributed by atoms with Gasteiger partial charge in [-0.2, -0.15) is 0 Å². The summed E-state index contributed by atoms with van der Waals surface area (Å²) in [5.41, 5.74) is 1.91. The lowest BCUT2D eigenvalue weighted by Crippen LogP contribution is -2.31. The van der Waals surface area contributed by atoms with E-state index in [9.17, 15) is 14.4 Å². The third kappa shape index (κ3) is 4.43. The number of ether oxygens (including phenoxy) is 1. The minimum Gasteiger partial charge on any atom is -0.456 e. The Hall–Kier alpha value is -2.64. The van der Waals surface area contributed by atoms with E-state index in [1.54, 1.807) is 25.2 Å². The van der Waals surface area contributed by atoms with E-state index in [4.69, 9.17) is 16.3 Å². The number of rotatable bonds is 7. The van der Waals surface area contributed by atoms with Crippen LogP contribution in [0.4, 0.5) is 0 Å². The average molecular weight is 419 g/mol. The van der Waals surface area contributed by atoms with Crippen molar-refractivity contribution in [3.63, 3.8) is 0 Å². The second-order valence-corrected chi connectivity index (χ2v) is 8.12. The molecule has 0 aliphatic carbocycles. The predicted octanol–water partition coefficient (Wildman–Crippen LogP) is 3.42. The molecular weight excluding hydrogens is 400 g/mol. The van der Waals surface area contributed by atoms with Crippen molar-refractivity contribution in [2.45, 2.75) is 13.0 Å². The summed E-state index contributed by atoms with van der Waals surface area (Å²) in [6.45, 7) is 4.14. The molecule has 1 aromatic carbocycles. The van der Waals surface area contributed by atoms with Crippen molar-refractivity contribution in [2.75, 3.05) is 20.2 Å². The lowest BCUT2D eigenvalue weighted by Gasteiger charge is -2.18. The van der Waals surface area contributed by atoms with Crippen LogP contribution in [0.2, 0.25) is 4.34 Å². The number of hydrogen-bond acceptors (Lipinski definition) is 5. The molecule has 1 aliphatic heterocycles. The number of fused-ring (bicyclic) bond motifs is 1. The Bertz CT molecular complexity index is 905. The number of esters is 1. The highest BCUT2D eigenvalue weighted by atomic mass is 35.5. The van der Waals surface area contributed by atoms with Crippen molar-refractivity contribution in [2.24, 2.45) is 0 Å². The van der Waals surface area contributed by atoms with Crippen LogP contribution in [0, 0.1) is 0 Å². The van der Waals surface area contributed by atoms with Crippen molar-refractivity contribution < 1.29 is 19.1 Å². The van der Waals surface area contributed by atoms with Crippen molar-refractivity contribution >= 4 is 46.4 Å². The summed E-state index contributed by atoms with van der Waals surface area (Å²) < 4.78 is 5.71. The number of benzene rings is 1. The van der Waals surface area contributed by atoms with Gasteiger partial charge in [-0.05, 0) is 18.2 Å². The highest BCUT2D eigenvalue weighted by Gasteiger charge is 2.30. The molecule has 2 aromatic rings. The Morgan fingerprint density at radius 1 is 1.21 bits per heavy atom. The van der Waals surface area contributed by atoms with Crippen LogP contribution in [0.15, 0.2) is 43.0 Å². The summed E-state index contributed by atoms with van der Waals surface area (Å²) in [7, 11) is 1.63. The molecule has 0 radical (unpaired) electrons. The molecule has 6 nitrogen and oxygen atoms in total. The zero-order chi connectivity index (χ0) is 20.3. The summed E-state index contributed by atoms with van der Waals surface area (Å²) in [6.07, 6.45) is -0.0176. The van der Waals surface area contributed by atoms with E-state index in [1.807, 2.05) is 18.2 Å². The first-order valence-electron chi connectivity index (χ1n) is 8.61. The lowest BCUT2D eigenvalue weighted by atomic mass is 10.1. The largest absolute Gasteiger partial charge is 0.456 e. The van der Waals surface area contributed by atoms with E-state index in [1.165, 1.54) is 21.1 Å². The zero-order valence-electron chi connectivity index (χ0n) is 15.3. The van der Waals surface area contributed by atoms with E-state index in [0.29, 0.717) is 22.1 Å². The first kappa shape index (κ1) is 20.1. The maximum atomic E-state index is 12.4. The molecule has 0 unspecified atom stereocenters. The van der Waals surface area contributed by atoms with Crippen molar-refractivity contribution in [3.05, 3.63) is 63.3 Å². The molecule has 0 fully saturated rings. The molecule has 0 atom stereocenters. The van der Waals surface area contributed by atoms with Crippen molar-refractivity contribution in [1.82, 2.24) is 9.80 Å². The SMILES string of the molecule is C=C1c2ccccc2C(=O)N1CCC(=O)OCC(=O)N(C)Cc1ccc(Cl)s1. The number of amides is 2. The Labute approximate surface area is 172 Å². The van der Waals surface area contributed by atoms with Gasteiger partial charge in [0.1, 0.15) is 0 Å². The quantitative estimate of drug-likeness (QED) is 0.646. The topological polar surface area (TPSA) is 66.9 Å². The van der Waals surface area contributed by atoms with Gasteiger partial charge >= 0.3 is 5.97 Å². The van der Waals surface area contributed by atoms with E-state index in [2.05, 4.69) is 6.58 Å². The smallest absolute Gasteiger partial charge is 0.308 e. The van der Waals surface area contributed by atoms with E-state index in [-0.39, 0.29) is 31.4 Å². The summed E-state index contributed by atoms with van der Waals surface area (Å²) >= 11 is 7.27. The lowest BCUT2D eigenvalue weighted by molar-refractivity contribution is -0.151. The maximum absolute atomic E-state index is 12.4. The summed E-state index contributed by atoms with van der Waals surface area (Å²) in [6, 6.07) is 10.8. The van der Waals surface area contributed by atoms with Gasteiger partial charge in [-0.1, -0.05) is 36.4 Å². The van der Waals surface area contributed by atoms with E-state index in [0.717, 1.165) is 10.4 Å². The second-order valence-electron chi connectivity index (χ2n) is 6.32. The monoisotopic (exact) mass is 418 g/mol. The fourth-order valence-corrected chi connectivity index (χ4v) is 4.00. The van der Waals surface area contributed by atoms with Crippen LogP contribution < -0.4 is 0 Å². The summed E-state index contributed by atoms with van der Waals surface area (Å²) in [5.74, 6) is -1.04. The van der Waals surface area contributed by atoms with Crippen LogP contribution in [0.5, 0.6) is 0 Å². The number of hydrogen-bond donors (Lipinski definition) is 0. The number of thiophene rings is 1. The highest BCUT2D eigenvalue weighted by molar-refractivity contribution is 7.16. The molecule has 28 heavy (non-hydrogen) atoms. The van der Waals surface area contributed by atoms with Gasteiger partial charge in [0, 0.05) is 35.3 Å². The maximum Gasteiger partial charge on any atom is 0.308 e. The number of carbonyl (C=O) groups excluding carboxylic acids is 3. The van der Waals surface area contributed by atoms with Gasteiger partial charge in [-0.15, -0.1) is 11.3 Å². The Kier molecular flexibility index (Phi) is 6.16. The zero-order valence-corrected chi connectivity index (χ0v) is 16.9. The molecule has 1 aromatic heterocycles. The first-order valence-corrected chi connectivity index (χ1v) is 9.80. The molecule has 0 N–H and O–H groups in total. The molecule has 0 saturated carbocycles. The molecule has 3 rings (SSSR count). The van der Waals surface area contributed by atoms with Gasteiger partial charge in [0.15, 0.2) is 6.61 Å². The Balaban J connectivity index is 1.44. The molecule has 2 amide bonds. The molecule has 0 bridgehead atoms. The summed E-state index contributed by atoms with van der Waals surface area (Å²) in [4.78, 5) is 40.4. The van der Waals surface area contributed by atoms with E-state index >= 15 is 0 Å². The van der Waals surface area contributed by atoms with Gasteiger partial charge in [0.05, 0.1) is 17.3 Å². The minimum absolute atomic E-state index is 0.0176. The fraction of sp³-hybridized carbons (Fsp3) is 0.250. The average Bonchev–Trinajstić information content (AvgIpc) is 3.19. The van der Waals surface area contributed by atoms with Crippen LogP contribution in [0.3, 0.4) is 0 Å².